The molecule has 1 aromatic rings. The van der Waals surface area contributed by atoms with Crippen molar-refractivity contribution in [3.63, 3.8) is 0 Å². The van der Waals surface area contributed by atoms with E-state index in [-0.39, 0.29) is 17.9 Å². The first-order valence-electron chi connectivity index (χ1n) is 11.1. The van der Waals surface area contributed by atoms with Crippen LogP contribution in [0.2, 0.25) is 0 Å². The van der Waals surface area contributed by atoms with Gasteiger partial charge in [0.25, 0.3) is 0 Å². The third kappa shape index (κ3) is 6.35. The van der Waals surface area contributed by atoms with Gasteiger partial charge in [0.15, 0.2) is 0 Å². The summed E-state index contributed by atoms with van der Waals surface area (Å²) in [4.78, 5) is 13.2. The van der Waals surface area contributed by atoms with E-state index < -0.39 is 0 Å². The molecule has 4 nitrogen and oxygen atoms in total. The molecule has 0 saturated heterocycles. The maximum Gasteiger partial charge on any atom is 0.245 e. The number of nitrogens with zero attached hydrogens (tertiary/aromatic N) is 2. The van der Waals surface area contributed by atoms with Crippen LogP contribution in [0.25, 0.3) is 0 Å². The van der Waals surface area contributed by atoms with Gasteiger partial charge in [0.1, 0.15) is 6.04 Å². The van der Waals surface area contributed by atoms with E-state index in [1.54, 1.807) is 0 Å². The van der Waals surface area contributed by atoms with Gasteiger partial charge in [-0.3, -0.25) is 9.80 Å². The number of unbranched alkanes of at least 4 members (excludes halogenated alkanes) is 3. The van der Waals surface area contributed by atoms with Crippen LogP contribution in [0.3, 0.4) is 0 Å². The van der Waals surface area contributed by atoms with Crippen molar-refractivity contribution in [2.75, 3.05) is 13.1 Å². The lowest BCUT2D eigenvalue weighted by molar-refractivity contribution is -0.127. The quantitative estimate of drug-likeness (QED) is 0.539. The maximum atomic E-state index is 13.2. The summed E-state index contributed by atoms with van der Waals surface area (Å²) in [5, 5.41) is 10.2. The Morgan fingerprint density at radius 3 is 2.39 bits per heavy atom. The molecule has 1 amide bonds. The maximum absolute atomic E-state index is 13.2. The second-order valence-electron chi connectivity index (χ2n) is 8.90. The molecule has 0 fully saturated rings. The number of nitrogens with one attached hydrogen (secondary N) is 1. The minimum absolute atomic E-state index is 0.136. The predicted octanol–water partition coefficient (Wildman–Crippen LogP) is 5.09. The third-order valence-corrected chi connectivity index (χ3v) is 5.23. The molecule has 0 radical (unpaired) electrons. The topological polar surface area (TPSA) is 44.7 Å². The van der Waals surface area contributed by atoms with E-state index in [1.165, 1.54) is 19.3 Å². The second-order valence-corrected chi connectivity index (χ2v) is 8.90. The van der Waals surface area contributed by atoms with Gasteiger partial charge < -0.3 is 5.32 Å². The van der Waals surface area contributed by atoms with E-state index in [1.807, 2.05) is 6.07 Å². The van der Waals surface area contributed by atoms with Crippen molar-refractivity contribution in [1.29, 1.82) is 0 Å². The zero-order chi connectivity index (χ0) is 20.5. The van der Waals surface area contributed by atoms with Crippen molar-refractivity contribution in [2.24, 2.45) is 22.9 Å². The zero-order valence-corrected chi connectivity index (χ0v) is 18.4. The van der Waals surface area contributed by atoms with Crippen molar-refractivity contribution in [3.05, 3.63) is 35.9 Å². The molecular weight excluding hydrogens is 346 g/mol. The van der Waals surface area contributed by atoms with Crippen LogP contribution in [0.5, 0.6) is 0 Å². The second kappa shape index (κ2) is 11.2. The first-order chi connectivity index (χ1) is 13.4. The Hall–Kier alpha value is -1.84. The van der Waals surface area contributed by atoms with Crippen molar-refractivity contribution < 1.29 is 4.79 Å². The first-order valence-corrected chi connectivity index (χ1v) is 11.1. The van der Waals surface area contributed by atoms with Crippen LogP contribution in [0, 0.1) is 17.8 Å². The molecule has 1 aliphatic rings. The molecule has 1 N–H and O–H groups in total. The highest BCUT2D eigenvalue weighted by molar-refractivity contribution is 6.06. The minimum atomic E-state index is -0.203. The van der Waals surface area contributed by atoms with Crippen LogP contribution < -0.4 is 5.32 Å². The number of hydrogen-bond donors (Lipinski definition) is 1. The van der Waals surface area contributed by atoms with E-state index in [0.717, 1.165) is 37.2 Å². The molecule has 0 saturated carbocycles. The highest BCUT2D eigenvalue weighted by Gasteiger charge is 2.42. The summed E-state index contributed by atoms with van der Waals surface area (Å²) in [6.07, 6.45) is 5.64. The van der Waals surface area contributed by atoms with Crippen LogP contribution in [-0.2, 0) is 4.79 Å². The molecule has 0 aromatic heterocycles. The van der Waals surface area contributed by atoms with Gasteiger partial charge in [0.05, 0.1) is 5.71 Å². The molecule has 2 unspecified atom stereocenters. The Labute approximate surface area is 171 Å². The average Bonchev–Trinajstić information content (AvgIpc) is 2.98. The van der Waals surface area contributed by atoms with Gasteiger partial charge in [-0.15, -0.1) is 0 Å². The zero-order valence-electron chi connectivity index (χ0n) is 18.4. The van der Waals surface area contributed by atoms with Gasteiger partial charge in [-0.05, 0) is 30.2 Å². The number of hydrogen-bond acceptors (Lipinski definition) is 3. The summed E-state index contributed by atoms with van der Waals surface area (Å²) in [6, 6.07) is 10.2. The Morgan fingerprint density at radius 2 is 1.79 bits per heavy atom. The third-order valence-electron chi connectivity index (χ3n) is 5.23. The summed E-state index contributed by atoms with van der Waals surface area (Å²) < 4.78 is 0. The average molecular weight is 386 g/mol. The lowest BCUT2D eigenvalue weighted by Crippen LogP contribution is -2.48. The lowest BCUT2D eigenvalue weighted by atomic mass is 9.84. The van der Waals surface area contributed by atoms with E-state index in [0.29, 0.717) is 11.8 Å². The highest BCUT2D eigenvalue weighted by atomic mass is 16.2. The smallest absolute Gasteiger partial charge is 0.245 e. The van der Waals surface area contributed by atoms with Gasteiger partial charge in [-0.1, -0.05) is 84.2 Å². The Kier molecular flexibility index (Phi) is 9.01. The van der Waals surface area contributed by atoms with Gasteiger partial charge in [0, 0.05) is 19.0 Å². The number of hydrazone groups is 1. The molecule has 4 heteroatoms. The molecule has 156 valence electrons. The predicted molar refractivity (Wildman–Crippen MR) is 118 cm³/mol. The fraction of sp³-hybridized carbons (Fsp3) is 0.667. The molecule has 1 aromatic carbocycles. The molecule has 1 aliphatic heterocycles. The largest absolute Gasteiger partial charge is 0.354 e. The Balaban J connectivity index is 2.21. The SMILES string of the molecule is CCCCCCNC(=O)C1C(CC(C)C)C(c2ccccc2)=NN1CC(C)C. The van der Waals surface area contributed by atoms with Crippen molar-refractivity contribution in [1.82, 2.24) is 10.3 Å². The fourth-order valence-corrected chi connectivity index (χ4v) is 3.98. The Morgan fingerprint density at radius 1 is 1.07 bits per heavy atom. The van der Waals surface area contributed by atoms with Gasteiger partial charge in [0.2, 0.25) is 5.91 Å². The van der Waals surface area contributed by atoms with Gasteiger partial charge in [-0.2, -0.15) is 5.10 Å². The first kappa shape index (κ1) is 22.4. The molecule has 0 spiro atoms. The van der Waals surface area contributed by atoms with E-state index >= 15 is 0 Å². The van der Waals surface area contributed by atoms with E-state index in [2.05, 4.69) is 69.2 Å². The molecular formula is C24H39N3O. The molecule has 0 aliphatic carbocycles. The number of carbonyl (C=O) groups is 1. The number of amides is 1. The summed E-state index contributed by atoms with van der Waals surface area (Å²) in [5.41, 5.74) is 2.21. The lowest BCUT2D eigenvalue weighted by Gasteiger charge is -2.29. The van der Waals surface area contributed by atoms with Crippen LogP contribution in [0.15, 0.2) is 35.4 Å². The standard InChI is InChI=1S/C24H39N3O/c1-6-7-8-12-15-25-24(28)23-21(16-18(2)3)22(20-13-10-9-11-14-20)26-27(23)17-19(4)5/h9-11,13-14,18-19,21,23H,6-8,12,15-17H2,1-5H3,(H,25,28). The fourth-order valence-electron chi connectivity index (χ4n) is 3.98. The normalized spacial score (nSPS) is 19.4. The summed E-state index contributed by atoms with van der Waals surface area (Å²) >= 11 is 0. The molecule has 28 heavy (non-hydrogen) atoms. The van der Waals surface area contributed by atoms with E-state index in [9.17, 15) is 4.79 Å². The summed E-state index contributed by atoms with van der Waals surface area (Å²) in [6.45, 7) is 12.6. The number of benzene rings is 1. The summed E-state index contributed by atoms with van der Waals surface area (Å²) in [7, 11) is 0. The van der Waals surface area contributed by atoms with E-state index in [4.69, 9.17) is 5.10 Å². The van der Waals surface area contributed by atoms with Crippen molar-refractivity contribution >= 4 is 11.6 Å². The van der Waals surface area contributed by atoms with Crippen molar-refractivity contribution in [3.8, 4) is 0 Å². The molecule has 2 atom stereocenters. The molecule has 1 heterocycles. The number of carbonyl (C=O) groups excluding carboxylic acids is 1. The monoisotopic (exact) mass is 385 g/mol. The van der Waals surface area contributed by atoms with Crippen LogP contribution in [-0.4, -0.2) is 35.8 Å². The van der Waals surface area contributed by atoms with Gasteiger partial charge in [-0.25, -0.2) is 0 Å². The van der Waals surface area contributed by atoms with Crippen LogP contribution >= 0.6 is 0 Å². The number of rotatable bonds is 11. The molecule has 2 rings (SSSR count). The summed E-state index contributed by atoms with van der Waals surface area (Å²) in [5.74, 6) is 1.24. The molecule has 0 bridgehead atoms. The van der Waals surface area contributed by atoms with Crippen LogP contribution in [0.4, 0.5) is 0 Å². The highest BCUT2D eigenvalue weighted by Crippen LogP contribution is 2.32. The minimum Gasteiger partial charge on any atom is -0.354 e. The van der Waals surface area contributed by atoms with Gasteiger partial charge >= 0.3 is 0 Å². The van der Waals surface area contributed by atoms with Crippen molar-refractivity contribution in [2.45, 2.75) is 72.8 Å². The Bertz CT molecular complexity index is 624. The van der Waals surface area contributed by atoms with Crippen LogP contribution in [0.1, 0.15) is 72.3 Å².